The Hall–Kier alpha value is -2.67. The summed E-state index contributed by atoms with van der Waals surface area (Å²) in [5.41, 5.74) is 5.64. The molecule has 4 rings (SSSR count). The lowest BCUT2D eigenvalue weighted by Gasteiger charge is -2.14. The maximum absolute atomic E-state index is 10.2. The molecule has 0 aliphatic rings. The highest BCUT2D eigenvalue weighted by Crippen LogP contribution is 2.31. The summed E-state index contributed by atoms with van der Waals surface area (Å²) in [5, 5.41) is 23.1. The monoisotopic (exact) mass is 421 g/mol. The molecule has 2 aromatic carbocycles. The van der Waals surface area contributed by atoms with Gasteiger partial charge < -0.3 is 15.2 Å². The highest BCUT2D eigenvalue weighted by molar-refractivity contribution is 7.17. The second kappa shape index (κ2) is 9.89. The van der Waals surface area contributed by atoms with E-state index in [4.69, 9.17) is 4.74 Å². The van der Waals surface area contributed by atoms with Crippen molar-refractivity contribution in [1.82, 2.24) is 15.5 Å². The number of aromatic amines is 1. The molecule has 1 unspecified atom stereocenters. The number of H-pyrrole nitrogens is 1. The Morgan fingerprint density at radius 1 is 1.17 bits per heavy atom. The maximum Gasteiger partial charge on any atom is 0.120 e. The molecule has 0 aliphatic heterocycles. The number of aryl methyl sites for hydroxylation is 2. The molecule has 2 heterocycles. The molecule has 0 saturated heterocycles. The second-order valence-electron chi connectivity index (χ2n) is 7.53. The van der Waals surface area contributed by atoms with E-state index in [9.17, 15) is 5.11 Å². The molecule has 3 N–H and O–H groups in total. The van der Waals surface area contributed by atoms with Crippen molar-refractivity contribution < 1.29 is 9.84 Å². The third kappa shape index (κ3) is 5.27. The summed E-state index contributed by atoms with van der Waals surface area (Å²) in [6.45, 7) is 3.76. The van der Waals surface area contributed by atoms with Gasteiger partial charge in [0.05, 0.1) is 10.2 Å². The largest absolute Gasteiger partial charge is 0.491 e. The Balaban J connectivity index is 1.20. The summed E-state index contributed by atoms with van der Waals surface area (Å²) in [7, 11) is 0. The quantitative estimate of drug-likeness (QED) is 0.328. The van der Waals surface area contributed by atoms with Gasteiger partial charge >= 0.3 is 0 Å². The van der Waals surface area contributed by atoms with Gasteiger partial charge in [0.15, 0.2) is 0 Å². The van der Waals surface area contributed by atoms with Crippen LogP contribution >= 0.6 is 11.3 Å². The number of aliphatic hydroxyl groups excluding tert-OH is 1. The molecule has 0 bridgehead atoms. The number of rotatable bonds is 10. The third-order valence-corrected chi connectivity index (χ3v) is 5.92. The Morgan fingerprint density at radius 2 is 2.07 bits per heavy atom. The lowest BCUT2D eigenvalue weighted by atomic mass is 10.1. The van der Waals surface area contributed by atoms with E-state index in [2.05, 4.69) is 52.1 Å². The smallest absolute Gasteiger partial charge is 0.120 e. The van der Waals surface area contributed by atoms with Crippen LogP contribution in [-0.2, 0) is 6.42 Å². The molecule has 156 valence electrons. The molecule has 0 fully saturated rings. The van der Waals surface area contributed by atoms with Crippen LogP contribution in [0.3, 0.4) is 0 Å². The van der Waals surface area contributed by atoms with Gasteiger partial charge in [-0.05, 0) is 55.5 Å². The van der Waals surface area contributed by atoms with E-state index in [-0.39, 0.29) is 6.61 Å². The molecule has 2 aromatic heterocycles. The summed E-state index contributed by atoms with van der Waals surface area (Å²) < 4.78 is 6.96. The minimum Gasteiger partial charge on any atom is -0.491 e. The first-order valence-corrected chi connectivity index (χ1v) is 11.2. The predicted molar refractivity (Wildman–Crippen MR) is 123 cm³/mol. The highest BCUT2D eigenvalue weighted by Gasteiger charge is 2.11. The lowest BCUT2D eigenvalue weighted by Crippen LogP contribution is -2.32. The number of aliphatic hydroxyl groups is 1. The minimum absolute atomic E-state index is 0.253. The number of fused-ring (bicyclic) bond motifs is 1. The van der Waals surface area contributed by atoms with Crippen molar-refractivity contribution in [3.63, 3.8) is 0 Å². The molecule has 1 atom stereocenters. The zero-order chi connectivity index (χ0) is 20.8. The third-order valence-electron chi connectivity index (χ3n) is 5.00. The summed E-state index contributed by atoms with van der Waals surface area (Å²) >= 11 is 1.67. The maximum atomic E-state index is 10.2. The summed E-state index contributed by atoms with van der Waals surface area (Å²) in [6.07, 6.45) is 1.53. The lowest BCUT2D eigenvalue weighted by molar-refractivity contribution is 0.106. The van der Waals surface area contributed by atoms with Crippen LogP contribution < -0.4 is 10.1 Å². The fourth-order valence-electron chi connectivity index (χ4n) is 3.48. The van der Waals surface area contributed by atoms with Gasteiger partial charge in [-0.15, -0.1) is 11.3 Å². The number of hydrogen-bond acceptors (Lipinski definition) is 5. The van der Waals surface area contributed by atoms with Crippen LogP contribution in [0.1, 0.15) is 17.5 Å². The fraction of sp³-hybridized carbons (Fsp3) is 0.292. The van der Waals surface area contributed by atoms with Gasteiger partial charge in [-0.25, -0.2) is 0 Å². The first-order chi connectivity index (χ1) is 14.7. The minimum atomic E-state index is -0.554. The molecule has 5 nitrogen and oxygen atoms in total. The van der Waals surface area contributed by atoms with E-state index in [0.717, 1.165) is 46.6 Å². The molecule has 4 aromatic rings. The fourth-order valence-corrected chi connectivity index (χ4v) is 4.34. The van der Waals surface area contributed by atoms with Crippen LogP contribution in [0.4, 0.5) is 0 Å². The summed E-state index contributed by atoms with van der Waals surface area (Å²) in [4.78, 5) is 0. The molecule has 0 aliphatic carbocycles. The molecule has 0 spiro atoms. The number of ether oxygens (including phenoxy) is 1. The van der Waals surface area contributed by atoms with E-state index in [1.54, 1.807) is 11.3 Å². The number of benzene rings is 2. The average molecular weight is 422 g/mol. The average Bonchev–Trinajstić information content (AvgIpc) is 3.36. The zero-order valence-electron chi connectivity index (χ0n) is 17.1. The Morgan fingerprint density at radius 3 is 2.97 bits per heavy atom. The second-order valence-corrected chi connectivity index (χ2v) is 8.44. The number of nitrogens with zero attached hydrogens (tertiary/aromatic N) is 1. The van der Waals surface area contributed by atoms with Crippen LogP contribution in [0, 0.1) is 6.92 Å². The van der Waals surface area contributed by atoms with Gasteiger partial charge in [-0.2, -0.15) is 5.10 Å². The van der Waals surface area contributed by atoms with Crippen molar-refractivity contribution in [2.75, 3.05) is 19.7 Å². The highest BCUT2D eigenvalue weighted by atomic mass is 32.1. The van der Waals surface area contributed by atoms with Crippen molar-refractivity contribution in [3.05, 3.63) is 71.1 Å². The SMILES string of the molecule is Cc1cccc(CCCNCC(O)COc2cccc(-c3n[nH]c4ccsc34)c2)c1. The van der Waals surface area contributed by atoms with Gasteiger partial charge in [0.25, 0.3) is 0 Å². The topological polar surface area (TPSA) is 70.2 Å². The van der Waals surface area contributed by atoms with E-state index in [0.29, 0.717) is 6.54 Å². The van der Waals surface area contributed by atoms with Crippen molar-refractivity contribution in [2.45, 2.75) is 25.9 Å². The van der Waals surface area contributed by atoms with Crippen LogP contribution in [0.2, 0.25) is 0 Å². The number of thiophene rings is 1. The number of nitrogens with one attached hydrogen (secondary N) is 2. The number of aromatic nitrogens is 2. The Bertz CT molecular complexity index is 1090. The van der Waals surface area contributed by atoms with Crippen LogP contribution in [0.5, 0.6) is 5.75 Å². The van der Waals surface area contributed by atoms with Gasteiger partial charge in [0.1, 0.15) is 24.2 Å². The van der Waals surface area contributed by atoms with Crippen molar-refractivity contribution >= 4 is 21.6 Å². The summed E-state index contributed by atoms with van der Waals surface area (Å²) in [6, 6.07) is 18.5. The van der Waals surface area contributed by atoms with Crippen molar-refractivity contribution in [1.29, 1.82) is 0 Å². The normalized spacial score (nSPS) is 12.3. The molecule has 0 saturated carbocycles. The number of hydrogen-bond donors (Lipinski definition) is 3. The first-order valence-electron chi connectivity index (χ1n) is 10.3. The standard InChI is InChI=1S/C24H27N3O2S/c1-17-5-2-6-18(13-17)7-4-11-25-15-20(28)16-29-21-9-3-8-19(14-21)23-24-22(26-27-23)10-12-30-24/h2-3,5-6,8-10,12-14,20,25,28H,4,7,11,15-16H2,1H3,(H,26,27). The van der Waals surface area contributed by atoms with Crippen LogP contribution in [0.25, 0.3) is 21.5 Å². The van der Waals surface area contributed by atoms with E-state index < -0.39 is 6.10 Å². The van der Waals surface area contributed by atoms with Crippen molar-refractivity contribution in [2.24, 2.45) is 0 Å². The summed E-state index contributed by atoms with van der Waals surface area (Å²) in [5.74, 6) is 0.735. The van der Waals surface area contributed by atoms with Gasteiger partial charge in [0.2, 0.25) is 0 Å². The molecular formula is C24H27N3O2S. The van der Waals surface area contributed by atoms with E-state index in [1.807, 2.05) is 30.3 Å². The Kier molecular flexibility index (Phi) is 6.79. The first kappa shape index (κ1) is 20.6. The van der Waals surface area contributed by atoms with Crippen molar-refractivity contribution in [3.8, 4) is 17.0 Å². The van der Waals surface area contributed by atoms with Crippen LogP contribution in [-0.4, -0.2) is 41.1 Å². The predicted octanol–water partition coefficient (Wildman–Crippen LogP) is 4.56. The molecule has 0 radical (unpaired) electrons. The molecule has 6 heteroatoms. The zero-order valence-corrected chi connectivity index (χ0v) is 17.9. The molecular weight excluding hydrogens is 394 g/mol. The van der Waals surface area contributed by atoms with Crippen LogP contribution in [0.15, 0.2) is 60.0 Å². The van der Waals surface area contributed by atoms with Gasteiger partial charge in [-0.3, -0.25) is 5.10 Å². The Labute approximate surface area is 180 Å². The van der Waals surface area contributed by atoms with Gasteiger partial charge in [0, 0.05) is 12.1 Å². The van der Waals surface area contributed by atoms with E-state index >= 15 is 0 Å². The van der Waals surface area contributed by atoms with E-state index in [1.165, 1.54) is 11.1 Å². The van der Waals surface area contributed by atoms with Gasteiger partial charge in [-0.1, -0.05) is 42.0 Å². The molecule has 30 heavy (non-hydrogen) atoms. The molecule has 0 amide bonds.